The van der Waals surface area contributed by atoms with Crippen LogP contribution in [0, 0.1) is 0 Å². The fourth-order valence-corrected chi connectivity index (χ4v) is 2.22. The first kappa shape index (κ1) is 16.5. The number of anilines is 1. The lowest BCUT2D eigenvalue weighted by Gasteiger charge is -2.12. The van der Waals surface area contributed by atoms with Crippen LogP contribution in [0.5, 0.6) is 5.75 Å². The number of carbonyl (C=O) groups is 2. The van der Waals surface area contributed by atoms with Crippen LogP contribution in [0.1, 0.15) is 24.2 Å². The van der Waals surface area contributed by atoms with Crippen LogP contribution in [0.25, 0.3) is 11.1 Å². The maximum absolute atomic E-state index is 12.2. The molecule has 2 aromatic rings. The molecule has 0 aliphatic heterocycles. The first-order chi connectivity index (χ1) is 11.0. The molecule has 0 saturated heterocycles. The van der Waals surface area contributed by atoms with E-state index in [9.17, 15) is 9.59 Å². The number of esters is 1. The van der Waals surface area contributed by atoms with Crippen molar-refractivity contribution in [2.24, 2.45) is 0 Å². The van der Waals surface area contributed by atoms with E-state index in [0.29, 0.717) is 23.4 Å². The zero-order chi connectivity index (χ0) is 16.8. The minimum Gasteiger partial charge on any atom is -0.497 e. The lowest BCUT2D eigenvalue weighted by atomic mass is 9.98. The van der Waals surface area contributed by atoms with Gasteiger partial charge in [0.2, 0.25) is 5.91 Å². The fraction of sp³-hybridized carbons (Fsp3) is 0.222. The van der Waals surface area contributed by atoms with E-state index >= 15 is 0 Å². The summed E-state index contributed by atoms with van der Waals surface area (Å²) in [6.45, 7) is 3.50. The third-order valence-electron chi connectivity index (χ3n) is 3.24. The number of carbonyl (C=O) groups excluding carboxylic acids is 2. The van der Waals surface area contributed by atoms with Crippen LogP contribution in [0.15, 0.2) is 42.5 Å². The molecule has 0 spiro atoms. The highest BCUT2D eigenvalue weighted by Gasteiger charge is 2.15. The quantitative estimate of drug-likeness (QED) is 0.858. The van der Waals surface area contributed by atoms with Crippen molar-refractivity contribution in [3.05, 3.63) is 48.0 Å². The molecule has 0 atom stereocenters. The minimum absolute atomic E-state index is 0.172. The zero-order valence-corrected chi connectivity index (χ0v) is 13.4. The Morgan fingerprint density at radius 2 is 1.78 bits per heavy atom. The first-order valence-corrected chi connectivity index (χ1v) is 7.28. The largest absolute Gasteiger partial charge is 0.497 e. The van der Waals surface area contributed by atoms with Gasteiger partial charge in [-0.1, -0.05) is 12.1 Å². The average molecular weight is 313 g/mol. The summed E-state index contributed by atoms with van der Waals surface area (Å²) in [7, 11) is 1.59. The van der Waals surface area contributed by atoms with Crippen LogP contribution >= 0.6 is 0 Å². The number of hydrogen-bond acceptors (Lipinski definition) is 4. The summed E-state index contributed by atoms with van der Waals surface area (Å²) < 4.78 is 10.3. The van der Waals surface area contributed by atoms with Gasteiger partial charge in [-0.2, -0.15) is 0 Å². The average Bonchev–Trinajstić information content (AvgIpc) is 2.54. The maximum Gasteiger partial charge on any atom is 0.338 e. The van der Waals surface area contributed by atoms with Gasteiger partial charge in [0.15, 0.2) is 0 Å². The van der Waals surface area contributed by atoms with Crippen LogP contribution in [0.3, 0.4) is 0 Å². The molecular weight excluding hydrogens is 294 g/mol. The molecule has 0 bridgehead atoms. The highest BCUT2D eigenvalue weighted by molar-refractivity contribution is 5.99. The Hall–Kier alpha value is -2.82. The van der Waals surface area contributed by atoms with Gasteiger partial charge < -0.3 is 14.8 Å². The van der Waals surface area contributed by atoms with Gasteiger partial charge >= 0.3 is 5.97 Å². The van der Waals surface area contributed by atoms with Crippen molar-refractivity contribution in [1.29, 1.82) is 0 Å². The van der Waals surface area contributed by atoms with E-state index in [1.54, 1.807) is 32.2 Å². The van der Waals surface area contributed by atoms with Gasteiger partial charge in [-0.05, 0) is 48.4 Å². The van der Waals surface area contributed by atoms with Gasteiger partial charge in [-0.3, -0.25) is 4.79 Å². The molecular formula is C18H19NO4. The number of nitrogens with one attached hydrogen (secondary N) is 1. The Bertz CT molecular complexity index is 707. The lowest BCUT2D eigenvalue weighted by molar-refractivity contribution is -0.114. The summed E-state index contributed by atoms with van der Waals surface area (Å²) in [5.41, 5.74) is 2.60. The molecule has 0 aromatic heterocycles. The van der Waals surface area contributed by atoms with Crippen molar-refractivity contribution in [2.75, 3.05) is 19.0 Å². The molecule has 0 unspecified atom stereocenters. The van der Waals surface area contributed by atoms with Gasteiger partial charge in [0.25, 0.3) is 0 Å². The van der Waals surface area contributed by atoms with E-state index in [0.717, 1.165) is 11.3 Å². The van der Waals surface area contributed by atoms with E-state index < -0.39 is 5.97 Å². The zero-order valence-electron chi connectivity index (χ0n) is 13.4. The number of hydrogen-bond donors (Lipinski definition) is 1. The molecule has 0 aliphatic rings. The van der Waals surface area contributed by atoms with E-state index in [1.807, 2.05) is 24.3 Å². The summed E-state index contributed by atoms with van der Waals surface area (Å²) in [5.74, 6) is 0.159. The monoisotopic (exact) mass is 313 g/mol. The summed E-state index contributed by atoms with van der Waals surface area (Å²) >= 11 is 0. The third-order valence-corrected chi connectivity index (χ3v) is 3.24. The number of benzene rings is 2. The predicted octanol–water partition coefficient (Wildman–Crippen LogP) is 3.50. The van der Waals surface area contributed by atoms with Crippen LogP contribution in [0.4, 0.5) is 5.69 Å². The minimum atomic E-state index is -0.396. The molecule has 1 amide bonds. The summed E-state index contributed by atoms with van der Waals surface area (Å²) in [5, 5.41) is 2.72. The molecule has 120 valence electrons. The Morgan fingerprint density at radius 3 is 2.35 bits per heavy atom. The first-order valence-electron chi connectivity index (χ1n) is 7.28. The van der Waals surface area contributed by atoms with Gasteiger partial charge in [-0.25, -0.2) is 4.79 Å². The highest BCUT2D eigenvalue weighted by atomic mass is 16.5. The van der Waals surface area contributed by atoms with Gasteiger partial charge in [-0.15, -0.1) is 0 Å². The molecule has 0 saturated carbocycles. The molecule has 5 nitrogen and oxygen atoms in total. The Kier molecular flexibility index (Phi) is 5.36. The molecule has 2 rings (SSSR count). The molecule has 23 heavy (non-hydrogen) atoms. The molecule has 1 N–H and O–H groups in total. The maximum atomic E-state index is 12.2. The van der Waals surface area contributed by atoms with Crippen LogP contribution in [-0.2, 0) is 9.53 Å². The summed E-state index contributed by atoms with van der Waals surface area (Å²) in [6.07, 6.45) is 0. The smallest absolute Gasteiger partial charge is 0.338 e. The molecule has 0 aliphatic carbocycles. The molecule has 5 heteroatoms. The predicted molar refractivity (Wildman–Crippen MR) is 88.7 cm³/mol. The molecule has 2 aromatic carbocycles. The second kappa shape index (κ2) is 7.45. The fourth-order valence-electron chi connectivity index (χ4n) is 2.22. The second-order valence-electron chi connectivity index (χ2n) is 4.89. The number of rotatable bonds is 5. The number of methoxy groups -OCH3 is 1. The van der Waals surface area contributed by atoms with E-state index in [4.69, 9.17) is 9.47 Å². The van der Waals surface area contributed by atoms with Crippen molar-refractivity contribution in [3.8, 4) is 16.9 Å². The molecule has 0 radical (unpaired) electrons. The van der Waals surface area contributed by atoms with Gasteiger partial charge in [0.05, 0.1) is 19.3 Å². The molecule has 0 heterocycles. The van der Waals surface area contributed by atoms with Crippen molar-refractivity contribution >= 4 is 17.6 Å². The van der Waals surface area contributed by atoms with Crippen molar-refractivity contribution in [1.82, 2.24) is 0 Å². The van der Waals surface area contributed by atoms with Crippen LogP contribution in [-0.4, -0.2) is 25.6 Å². The van der Waals surface area contributed by atoms with Crippen molar-refractivity contribution < 1.29 is 19.1 Å². The highest BCUT2D eigenvalue weighted by Crippen LogP contribution is 2.29. The number of ether oxygens (including phenoxy) is 2. The van der Waals surface area contributed by atoms with E-state index in [2.05, 4.69) is 5.32 Å². The Labute approximate surface area is 135 Å². The lowest BCUT2D eigenvalue weighted by Crippen LogP contribution is -2.09. The van der Waals surface area contributed by atoms with E-state index in [-0.39, 0.29) is 5.91 Å². The topological polar surface area (TPSA) is 64.6 Å². The van der Waals surface area contributed by atoms with Crippen molar-refractivity contribution in [3.63, 3.8) is 0 Å². The van der Waals surface area contributed by atoms with E-state index in [1.165, 1.54) is 6.92 Å². The normalized spacial score (nSPS) is 10.0. The summed E-state index contributed by atoms with van der Waals surface area (Å²) in [6, 6.07) is 12.4. The van der Waals surface area contributed by atoms with Crippen molar-refractivity contribution in [2.45, 2.75) is 13.8 Å². The third kappa shape index (κ3) is 4.10. The SMILES string of the molecule is CCOC(=O)c1ccc(NC(C)=O)cc1-c1ccc(OC)cc1. The Morgan fingerprint density at radius 1 is 1.09 bits per heavy atom. The Balaban J connectivity index is 2.49. The number of amides is 1. The van der Waals surface area contributed by atoms with Gasteiger partial charge in [0.1, 0.15) is 5.75 Å². The van der Waals surface area contributed by atoms with Gasteiger partial charge in [0, 0.05) is 12.6 Å². The van der Waals surface area contributed by atoms with Crippen LogP contribution < -0.4 is 10.1 Å². The summed E-state index contributed by atoms with van der Waals surface area (Å²) in [4.78, 5) is 23.4. The standard InChI is InChI=1S/C18H19NO4/c1-4-23-18(21)16-10-7-14(19-12(2)20)11-17(16)13-5-8-15(22-3)9-6-13/h5-11H,4H2,1-3H3,(H,19,20). The van der Waals surface area contributed by atoms with Crippen LogP contribution in [0.2, 0.25) is 0 Å². The molecule has 0 fully saturated rings. The second-order valence-corrected chi connectivity index (χ2v) is 4.89.